The lowest BCUT2D eigenvalue weighted by atomic mass is 10.1. The number of hydrogen-bond donors (Lipinski definition) is 0. The summed E-state index contributed by atoms with van der Waals surface area (Å²) in [5.74, 6) is 0. The summed E-state index contributed by atoms with van der Waals surface area (Å²) in [6.07, 6.45) is 12.3. The van der Waals surface area contributed by atoms with Gasteiger partial charge in [-0.15, -0.1) is 0 Å². The van der Waals surface area contributed by atoms with E-state index in [0.29, 0.717) is 6.61 Å². The first-order chi connectivity index (χ1) is 9.35. The number of methoxy groups -OCH3 is 2. The Morgan fingerprint density at radius 3 is 1.95 bits per heavy atom. The van der Waals surface area contributed by atoms with Gasteiger partial charge in [-0.05, 0) is 6.04 Å². The molecule has 0 aromatic heterocycles. The highest BCUT2D eigenvalue weighted by atomic mass is 28.2. The van der Waals surface area contributed by atoms with Crippen LogP contribution in [0.5, 0.6) is 0 Å². The quantitative estimate of drug-likeness (QED) is 0.260. The Morgan fingerprint density at radius 1 is 0.842 bits per heavy atom. The zero-order chi connectivity index (χ0) is 14.2. The largest absolute Gasteiger partial charge is 0.395 e. The molecule has 1 atom stereocenters. The van der Waals surface area contributed by atoms with Gasteiger partial charge in [0.05, 0.1) is 6.61 Å². The summed E-state index contributed by atoms with van der Waals surface area (Å²) in [7, 11) is 3.40. The molecular formula is C15H33O3Si. The maximum absolute atomic E-state index is 5.64. The smallest absolute Gasteiger partial charge is 0.196 e. The SMILES string of the molecule is CCCCCCCCCCC[SiH]OC(COC)OC. The van der Waals surface area contributed by atoms with Crippen LogP contribution in [0.3, 0.4) is 0 Å². The molecule has 1 radical (unpaired) electrons. The van der Waals surface area contributed by atoms with Gasteiger partial charge in [-0.3, -0.25) is 0 Å². The number of rotatable bonds is 15. The Balaban J connectivity index is 3.09. The molecule has 19 heavy (non-hydrogen) atoms. The summed E-state index contributed by atoms with van der Waals surface area (Å²) < 4.78 is 15.8. The number of unbranched alkanes of at least 4 members (excludes halogenated alkanes) is 8. The van der Waals surface area contributed by atoms with Crippen LogP contribution in [0.1, 0.15) is 64.7 Å². The van der Waals surface area contributed by atoms with Crippen LogP contribution in [-0.2, 0) is 13.9 Å². The molecule has 0 bridgehead atoms. The first-order valence-electron chi connectivity index (χ1n) is 7.84. The second-order valence-corrected chi connectivity index (χ2v) is 6.22. The van der Waals surface area contributed by atoms with E-state index in [9.17, 15) is 0 Å². The molecule has 0 heterocycles. The van der Waals surface area contributed by atoms with E-state index in [1.807, 2.05) is 0 Å². The summed E-state index contributed by atoms with van der Waals surface area (Å²) in [6, 6.07) is 1.21. The lowest BCUT2D eigenvalue weighted by Gasteiger charge is -2.14. The van der Waals surface area contributed by atoms with E-state index in [-0.39, 0.29) is 16.1 Å². The summed E-state index contributed by atoms with van der Waals surface area (Å²) in [5.41, 5.74) is 0. The molecule has 0 aromatic carbocycles. The normalized spacial score (nSPS) is 12.8. The summed E-state index contributed by atoms with van der Waals surface area (Å²) in [6.45, 7) is 2.80. The minimum atomic E-state index is -0.168. The van der Waals surface area contributed by atoms with Crippen LogP contribution in [0.2, 0.25) is 6.04 Å². The van der Waals surface area contributed by atoms with Crippen molar-refractivity contribution in [3.63, 3.8) is 0 Å². The zero-order valence-electron chi connectivity index (χ0n) is 13.2. The van der Waals surface area contributed by atoms with Gasteiger partial charge < -0.3 is 13.9 Å². The molecule has 1 unspecified atom stereocenters. The van der Waals surface area contributed by atoms with Gasteiger partial charge in [0.1, 0.15) is 0 Å². The minimum absolute atomic E-state index is 0.0565. The predicted molar refractivity (Wildman–Crippen MR) is 82.9 cm³/mol. The van der Waals surface area contributed by atoms with E-state index in [2.05, 4.69) is 6.92 Å². The number of hydrogen-bond acceptors (Lipinski definition) is 3. The van der Waals surface area contributed by atoms with Gasteiger partial charge in [-0.2, -0.15) is 0 Å². The first kappa shape index (κ1) is 19.1. The molecule has 0 amide bonds. The predicted octanol–water partition coefficient (Wildman–Crippen LogP) is 3.92. The van der Waals surface area contributed by atoms with Crippen molar-refractivity contribution in [2.45, 2.75) is 77.0 Å². The maximum Gasteiger partial charge on any atom is 0.196 e. The van der Waals surface area contributed by atoms with E-state index in [0.717, 1.165) is 0 Å². The van der Waals surface area contributed by atoms with Gasteiger partial charge in [0.2, 0.25) is 0 Å². The van der Waals surface area contributed by atoms with E-state index in [4.69, 9.17) is 13.9 Å². The number of ether oxygens (including phenoxy) is 2. The second-order valence-electron chi connectivity index (χ2n) is 5.04. The van der Waals surface area contributed by atoms with Crippen LogP contribution in [-0.4, -0.2) is 36.9 Å². The summed E-state index contributed by atoms with van der Waals surface area (Å²) in [5, 5.41) is 0. The van der Waals surface area contributed by atoms with Gasteiger partial charge in [-0.25, -0.2) is 0 Å². The third-order valence-corrected chi connectivity index (χ3v) is 4.38. The molecule has 0 N–H and O–H groups in total. The van der Waals surface area contributed by atoms with Crippen molar-refractivity contribution in [3.05, 3.63) is 0 Å². The maximum atomic E-state index is 5.64. The lowest BCUT2D eigenvalue weighted by molar-refractivity contribution is -0.0928. The topological polar surface area (TPSA) is 27.7 Å². The van der Waals surface area contributed by atoms with Crippen molar-refractivity contribution in [2.24, 2.45) is 0 Å². The molecule has 0 saturated heterocycles. The molecule has 0 aliphatic rings. The Morgan fingerprint density at radius 2 is 1.42 bits per heavy atom. The van der Waals surface area contributed by atoms with Crippen molar-refractivity contribution >= 4 is 9.76 Å². The Hall–Kier alpha value is 0.0969. The average molecular weight is 290 g/mol. The van der Waals surface area contributed by atoms with Crippen LogP contribution in [0, 0.1) is 0 Å². The van der Waals surface area contributed by atoms with Gasteiger partial charge in [0, 0.05) is 14.2 Å². The third-order valence-electron chi connectivity index (χ3n) is 3.24. The van der Waals surface area contributed by atoms with Crippen molar-refractivity contribution < 1.29 is 13.9 Å². The highest BCUT2D eigenvalue weighted by Crippen LogP contribution is 2.10. The fraction of sp³-hybridized carbons (Fsp3) is 1.00. The van der Waals surface area contributed by atoms with Crippen LogP contribution in [0.4, 0.5) is 0 Å². The van der Waals surface area contributed by atoms with Crippen molar-refractivity contribution in [1.82, 2.24) is 0 Å². The molecule has 0 aromatic rings. The van der Waals surface area contributed by atoms with E-state index >= 15 is 0 Å². The van der Waals surface area contributed by atoms with Crippen LogP contribution < -0.4 is 0 Å². The summed E-state index contributed by atoms with van der Waals surface area (Å²) >= 11 is 0. The van der Waals surface area contributed by atoms with Crippen LogP contribution in [0.25, 0.3) is 0 Å². The summed E-state index contributed by atoms with van der Waals surface area (Å²) in [4.78, 5) is 0. The monoisotopic (exact) mass is 289 g/mol. The molecule has 3 nitrogen and oxygen atoms in total. The molecule has 4 heteroatoms. The van der Waals surface area contributed by atoms with Crippen molar-refractivity contribution in [2.75, 3.05) is 20.8 Å². The van der Waals surface area contributed by atoms with E-state index < -0.39 is 0 Å². The van der Waals surface area contributed by atoms with Gasteiger partial charge in [0.15, 0.2) is 16.1 Å². The lowest BCUT2D eigenvalue weighted by Crippen LogP contribution is -2.22. The Bertz CT molecular complexity index is 167. The van der Waals surface area contributed by atoms with Crippen LogP contribution >= 0.6 is 0 Å². The first-order valence-corrected chi connectivity index (χ1v) is 9.12. The van der Waals surface area contributed by atoms with Gasteiger partial charge in [-0.1, -0.05) is 64.7 Å². The third kappa shape index (κ3) is 14.3. The molecule has 0 saturated carbocycles. The Labute approximate surface area is 122 Å². The molecule has 115 valence electrons. The molecule has 0 aliphatic heterocycles. The molecule has 0 spiro atoms. The molecule has 0 aliphatic carbocycles. The second kappa shape index (κ2) is 16.2. The minimum Gasteiger partial charge on any atom is -0.395 e. The zero-order valence-corrected chi connectivity index (χ0v) is 14.3. The standard InChI is InChI=1S/C15H33O3Si/c1-4-5-6-7-8-9-10-11-12-13-19-18-15(17-3)14-16-2/h15,19H,4-14H2,1-3H3. The Kier molecular flexibility index (Phi) is 16.2. The highest BCUT2D eigenvalue weighted by Gasteiger charge is 2.05. The fourth-order valence-corrected chi connectivity index (χ4v) is 3.01. The van der Waals surface area contributed by atoms with E-state index in [1.54, 1.807) is 14.2 Å². The fourth-order valence-electron chi connectivity index (χ4n) is 2.01. The molecular weight excluding hydrogens is 256 g/mol. The highest BCUT2D eigenvalue weighted by molar-refractivity contribution is 6.27. The van der Waals surface area contributed by atoms with Crippen molar-refractivity contribution in [1.29, 1.82) is 0 Å². The molecule has 0 rings (SSSR count). The average Bonchev–Trinajstić information content (AvgIpc) is 2.43. The van der Waals surface area contributed by atoms with Crippen molar-refractivity contribution in [3.8, 4) is 0 Å². The van der Waals surface area contributed by atoms with Gasteiger partial charge >= 0.3 is 0 Å². The van der Waals surface area contributed by atoms with E-state index in [1.165, 1.54) is 63.8 Å². The molecule has 0 fully saturated rings. The van der Waals surface area contributed by atoms with Crippen LogP contribution in [0.15, 0.2) is 0 Å². The van der Waals surface area contributed by atoms with Gasteiger partial charge in [0.25, 0.3) is 0 Å².